The van der Waals surface area contributed by atoms with Crippen molar-refractivity contribution in [3.05, 3.63) is 31.6 Å². The van der Waals surface area contributed by atoms with E-state index in [9.17, 15) is 9.59 Å². The van der Waals surface area contributed by atoms with Crippen LogP contribution in [0.5, 0.6) is 0 Å². The standard InChI is InChI=1S/C18H24BrN3O2S/c1-10-9-13(25-16(10)19)15-14(11(2)20-18(24)22-15)17(23)21-12-7-5-3-4-6-8-12/h9,12,15H,3-8H2,1-2H3,(H,21,23)(H2,20,22,24). The number of thiophene rings is 1. The summed E-state index contributed by atoms with van der Waals surface area (Å²) < 4.78 is 1.02. The molecule has 136 valence electrons. The summed E-state index contributed by atoms with van der Waals surface area (Å²) in [6, 6.07) is 1.58. The van der Waals surface area contributed by atoms with E-state index in [0.717, 1.165) is 27.1 Å². The van der Waals surface area contributed by atoms with Crippen LogP contribution in [-0.2, 0) is 4.79 Å². The lowest BCUT2D eigenvalue weighted by atomic mass is 9.99. The Labute approximate surface area is 160 Å². The third-order valence-electron chi connectivity index (χ3n) is 4.86. The molecule has 1 aromatic heterocycles. The first-order valence-corrected chi connectivity index (χ1v) is 10.4. The minimum Gasteiger partial charge on any atom is -0.349 e. The minimum absolute atomic E-state index is 0.0796. The van der Waals surface area contributed by atoms with Crippen LogP contribution in [0.2, 0.25) is 0 Å². The van der Waals surface area contributed by atoms with Gasteiger partial charge in [-0.15, -0.1) is 11.3 Å². The van der Waals surface area contributed by atoms with Gasteiger partial charge < -0.3 is 16.0 Å². The molecule has 1 aliphatic heterocycles. The lowest BCUT2D eigenvalue weighted by Crippen LogP contribution is -2.48. The van der Waals surface area contributed by atoms with E-state index in [2.05, 4.69) is 31.9 Å². The van der Waals surface area contributed by atoms with E-state index in [1.54, 1.807) is 18.3 Å². The molecule has 7 heteroatoms. The van der Waals surface area contributed by atoms with Crippen molar-refractivity contribution < 1.29 is 9.59 Å². The lowest BCUT2D eigenvalue weighted by molar-refractivity contribution is -0.118. The molecule has 2 aliphatic rings. The Hall–Kier alpha value is -1.34. The Balaban J connectivity index is 1.85. The molecule has 3 amide bonds. The number of urea groups is 1. The SMILES string of the molecule is CC1=C(C(=O)NC2CCCCCC2)C(c2cc(C)c(Br)s2)NC(=O)N1. The molecule has 1 unspecified atom stereocenters. The van der Waals surface area contributed by atoms with Crippen LogP contribution in [0.25, 0.3) is 0 Å². The second-order valence-corrected chi connectivity index (χ2v) is 9.24. The molecule has 0 bridgehead atoms. The third kappa shape index (κ3) is 4.26. The summed E-state index contributed by atoms with van der Waals surface area (Å²) in [5, 5.41) is 8.85. The average Bonchev–Trinajstić information content (AvgIpc) is 2.74. The van der Waals surface area contributed by atoms with Gasteiger partial charge in [-0.05, 0) is 54.2 Å². The van der Waals surface area contributed by atoms with Gasteiger partial charge in [0.15, 0.2) is 0 Å². The molecular formula is C18H24BrN3O2S. The van der Waals surface area contributed by atoms with E-state index in [4.69, 9.17) is 0 Å². The fourth-order valence-corrected chi connectivity index (χ4v) is 5.15. The molecule has 1 fully saturated rings. The first-order valence-electron chi connectivity index (χ1n) is 8.80. The van der Waals surface area contributed by atoms with E-state index < -0.39 is 6.04 Å². The number of carbonyl (C=O) groups is 2. The number of amides is 3. The molecular weight excluding hydrogens is 402 g/mol. The third-order valence-corrected chi connectivity index (χ3v) is 7.07. The van der Waals surface area contributed by atoms with Crippen LogP contribution in [0.1, 0.15) is 61.9 Å². The predicted octanol–water partition coefficient (Wildman–Crippen LogP) is 4.29. The zero-order valence-electron chi connectivity index (χ0n) is 14.6. The second-order valence-electron chi connectivity index (χ2n) is 6.84. The van der Waals surface area contributed by atoms with Crippen LogP contribution < -0.4 is 16.0 Å². The Kier molecular flexibility index (Phi) is 5.84. The molecule has 1 saturated carbocycles. The second kappa shape index (κ2) is 7.91. The summed E-state index contributed by atoms with van der Waals surface area (Å²) in [5.41, 5.74) is 2.34. The highest BCUT2D eigenvalue weighted by molar-refractivity contribution is 9.11. The summed E-state index contributed by atoms with van der Waals surface area (Å²) in [6.45, 7) is 3.80. The van der Waals surface area contributed by atoms with Gasteiger partial charge in [-0.2, -0.15) is 0 Å². The minimum atomic E-state index is -0.408. The number of nitrogens with one attached hydrogen (secondary N) is 3. The molecule has 3 rings (SSSR count). The topological polar surface area (TPSA) is 70.2 Å². The van der Waals surface area contributed by atoms with Crippen LogP contribution >= 0.6 is 27.3 Å². The number of rotatable bonds is 3. The van der Waals surface area contributed by atoms with Gasteiger partial charge in [0.05, 0.1) is 15.4 Å². The Morgan fingerprint density at radius 2 is 1.92 bits per heavy atom. The average molecular weight is 426 g/mol. The van der Waals surface area contributed by atoms with Gasteiger partial charge in [0.25, 0.3) is 5.91 Å². The maximum Gasteiger partial charge on any atom is 0.319 e. The van der Waals surface area contributed by atoms with Crippen LogP contribution in [-0.4, -0.2) is 18.0 Å². The highest BCUT2D eigenvalue weighted by Gasteiger charge is 2.33. The summed E-state index contributed by atoms with van der Waals surface area (Å²) in [4.78, 5) is 25.9. The summed E-state index contributed by atoms with van der Waals surface area (Å²) >= 11 is 5.09. The quantitative estimate of drug-likeness (QED) is 0.632. The number of halogens is 1. The van der Waals surface area contributed by atoms with Crippen molar-refractivity contribution in [1.29, 1.82) is 0 Å². The highest BCUT2D eigenvalue weighted by Crippen LogP contribution is 2.36. The van der Waals surface area contributed by atoms with Gasteiger partial charge in [-0.1, -0.05) is 25.7 Å². The predicted molar refractivity (Wildman–Crippen MR) is 103 cm³/mol. The van der Waals surface area contributed by atoms with Gasteiger partial charge >= 0.3 is 6.03 Å². The maximum absolute atomic E-state index is 13.0. The van der Waals surface area contributed by atoms with Crippen LogP contribution in [0.3, 0.4) is 0 Å². The highest BCUT2D eigenvalue weighted by atomic mass is 79.9. The zero-order valence-corrected chi connectivity index (χ0v) is 17.0. The van der Waals surface area contributed by atoms with Crippen LogP contribution in [0.15, 0.2) is 21.1 Å². The normalized spacial score (nSPS) is 22.2. The summed E-state index contributed by atoms with van der Waals surface area (Å²) in [6.07, 6.45) is 6.89. The van der Waals surface area contributed by atoms with Gasteiger partial charge in [0.1, 0.15) is 0 Å². The monoisotopic (exact) mass is 425 g/mol. The van der Waals surface area contributed by atoms with Crippen molar-refractivity contribution in [2.24, 2.45) is 0 Å². The van der Waals surface area contributed by atoms with Crippen molar-refractivity contribution in [3.8, 4) is 0 Å². The van der Waals surface area contributed by atoms with E-state index >= 15 is 0 Å². The fraction of sp³-hybridized carbons (Fsp3) is 0.556. The largest absolute Gasteiger partial charge is 0.349 e. The fourth-order valence-electron chi connectivity index (χ4n) is 3.52. The maximum atomic E-state index is 13.0. The molecule has 1 aliphatic carbocycles. The number of aryl methyl sites for hydroxylation is 1. The molecule has 1 aromatic rings. The van der Waals surface area contributed by atoms with Gasteiger partial charge in [0, 0.05) is 16.6 Å². The number of allylic oxidation sites excluding steroid dienone is 1. The molecule has 0 saturated heterocycles. The van der Waals surface area contributed by atoms with Crippen LogP contribution in [0.4, 0.5) is 4.79 Å². The Bertz CT molecular complexity index is 686. The Morgan fingerprint density at radius 1 is 1.24 bits per heavy atom. The first-order chi connectivity index (χ1) is 12.0. The molecule has 5 nitrogen and oxygen atoms in total. The first kappa shape index (κ1) is 18.5. The van der Waals surface area contributed by atoms with E-state index in [1.807, 2.05) is 13.0 Å². The van der Waals surface area contributed by atoms with Gasteiger partial charge in [-0.3, -0.25) is 4.79 Å². The van der Waals surface area contributed by atoms with E-state index in [0.29, 0.717) is 11.3 Å². The molecule has 3 N–H and O–H groups in total. The molecule has 25 heavy (non-hydrogen) atoms. The molecule has 0 radical (unpaired) electrons. The van der Waals surface area contributed by atoms with Crippen molar-refractivity contribution in [3.63, 3.8) is 0 Å². The molecule has 1 atom stereocenters. The Morgan fingerprint density at radius 3 is 2.52 bits per heavy atom. The molecule has 0 spiro atoms. The van der Waals surface area contributed by atoms with Crippen molar-refractivity contribution in [2.45, 2.75) is 64.5 Å². The lowest BCUT2D eigenvalue weighted by Gasteiger charge is -2.29. The van der Waals surface area contributed by atoms with Crippen molar-refractivity contribution in [2.75, 3.05) is 0 Å². The molecule has 0 aromatic carbocycles. The number of carbonyl (C=O) groups excluding carboxylic acids is 2. The van der Waals surface area contributed by atoms with E-state index in [-0.39, 0.29) is 18.0 Å². The van der Waals surface area contributed by atoms with Crippen LogP contribution in [0, 0.1) is 6.92 Å². The summed E-state index contributed by atoms with van der Waals surface area (Å²) in [7, 11) is 0. The van der Waals surface area contributed by atoms with Gasteiger partial charge in [0.2, 0.25) is 0 Å². The summed E-state index contributed by atoms with van der Waals surface area (Å²) in [5.74, 6) is -0.0796. The number of hydrogen-bond donors (Lipinski definition) is 3. The van der Waals surface area contributed by atoms with Crippen molar-refractivity contribution in [1.82, 2.24) is 16.0 Å². The smallest absolute Gasteiger partial charge is 0.319 e. The van der Waals surface area contributed by atoms with Crippen molar-refractivity contribution >= 4 is 39.2 Å². The van der Waals surface area contributed by atoms with Gasteiger partial charge in [-0.25, -0.2) is 4.79 Å². The molecule has 2 heterocycles. The zero-order chi connectivity index (χ0) is 18.0. The van der Waals surface area contributed by atoms with E-state index in [1.165, 1.54) is 25.7 Å². The number of hydrogen-bond acceptors (Lipinski definition) is 3.